The van der Waals surface area contributed by atoms with Gasteiger partial charge < -0.3 is 5.32 Å². The zero-order valence-electron chi connectivity index (χ0n) is 12.9. The first kappa shape index (κ1) is 17.1. The Bertz CT molecular complexity index is 539. The molecule has 5 heteroatoms. The van der Waals surface area contributed by atoms with Crippen LogP contribution in [0.3, 0.4) is 0 Å². The van der Waals surface area contributed by atoms with Crippen LogP contribution in [0.15, 0.2) is 17.0 Å². The molecule has 0 bridgehead atoms. The Balaban J connectivity index is 3.05. The number of sulfonamides is 1. The first-order chi connectivity index (χ1) is 9.42. The van der Waals surface area contributed by atoms with Gasteiger partial charge in [-0.3, -0.25) is 0 Å². The van der Waals surface area contributed by atoms with Crippen LogP contribution in [0.5, 0.6) is 0 Å². The van der Waals surface area contributed by atoms with Gasteiger partial charge in [-0.25, -0.2) is 13.1 Å². The molecule has 0 aliphatic rings. The Morgan fingerprint density at radius 3 is 2.45 bits per heavy atom. The fourth-order valence-electron chi connectivity index (χ4n) is 2.01. The summed E-state index contributed by atoms with van der Waals surface area (Å²) in [5, 5.41) is 3.23. The minimum atomic E-state index is -3.41. The molecule has 0 spiro atoms. The van der Waals surface area contributed by atoms with Crippen LogP contribution in [-0.4, -0.2) is 21.5 Å². The van der Waals surface area contributed by atoms with Crippen molar-refractivity contribution in [2.75, 3.05) is 13.1 Å². The zero-order chi connectivity index (χ0) is 15.2. The van der Waals surface area contributed by atoms with Crippen LogP contribution in [0.1, 0.15) is 43.4 Å². The van der Waals surface area contributed by atoms with E-state index in [0.29, 0.717) is 18.0 Å². The third-order valence-electron chi connectivity index (χ3n) is 3.37. The van der Waals surface area contributed by atoms with Gasteiger partial charge in [0.2, 0.25) is 10.0 Å². The molecule has 0 aromatic heterocycles. The number of aryl methyl sites for hydroxylation is 1. The standard InChI is InChI=1S/C15H26N2O2S/c1-5-7-8-17-20(18,19)15-10-14(11-16-6-2)9-12(3)13(15)4/h9-10,16-17H,5-8,11H2,1-4H3. The van der Waals surface area contributed by atoms with Gasteiger partial charge in [0.25, 0.3) is 0 Å². The molecule has 0 fully saturated rings. The topological polar surface area (TPSA) is 58.2 Å². The molecule has 2 N–H and O–H groups in total. The van der Waals surface area contributed by atoms with Gasteiger partial charge in [0.05, 0.1) is 4.90 Å². The van der Waals surface area contributed by atoms with E-state index < -0.39 is 10.0 Å². The molecule has 4 nitrogen and oxygen atoms in total. The summed E-state index contributed by atoms with van der Waals surface area (Å²) >= 11 is 0. The second kappa shape index (κ2) is 7.76. The lowest BCUT2D eigenvalue weighted by molar-refractivity contribution is 0.577. The molecule has 0 aliphatic carbocycles. The Morgan fingerprint density at radius 2 is 1.85 bits per heavy atom. The van der Waals surface area contributed by atoms with Gasteiger partial charge in [-0.1, -0.05) is 26.3 Å². The molecule has 0 saturated heterocycles. The number of hydrogen-bond donors (Lipinski definition) is 2. The average Bonchev–Trinajstić information content (AvgIpc) is 2.39. The van der Waals surface area contributed by atoms with Crippen molar-refractivity contribution in [3.63, 3.8) is 0 Å². The van der Waals surface area contributed by atoms with Crippen molar-refractivity contribution >= 4 is 10.0 Å². The molecule has 0 amide bonds. The van der Waals surface area contributed by atoms with Crippen LogP contribution in [0.25, 0.3) is 0 Å². The summed E-state index contributed by atoms with van der Waals surface area (Å²) in [5.74, 6) is 0. The van der Waals surface area contributed by atoms with Crippen LogP contribution < -0.4 is 10.0 Å². The zero-order valence-corrected chi connectivity index (χ0v) is 13.7. The number of rotatable bonds is 8. The molecular weight excluding hydrogens is 272 g/mol. The highest BCUT2D eigenvalue weighted by atomic mass is 32.2. The molecule has 0 saturated carbocycles. The van der Waals surface area contributed by atoms with Crippen LogP contribution in [-0.2, 0) is 16.6 Å². The molecule has 114 valence electrons. The maximum absolute atomic E-state index is 12.4. The second-order valence-electron chi connectivity index (χ2n) is 5.07. The number of benzene rings is 1. The third-order valence-corrected chi connectivity index (χ3v) is 4.96. The minimum absolute atomic E-state index is 0.404. The monoisotopic (exact) mass is 298 g/mol. The van der Waals surface area contributed by atoms with E-state index in [2.05, 4.69) is 10.0 Å². The molecule has 1 aromatic rings. The predicted molar refractivity (Wildman–Crippen MR) is 83.4 cm³/mol. The van der Waals surface area contributed by atoms with Crippen LogP contribution >= 0.6 is 0 Å². The van der Waals surface area contributed by atoms with Crippen molar-refractivity contribution in [1.82, 2.24) is 10.0 Å². The van der Waals surface area contributed by atoms with Gasteiger partial charge in [0.1, 0.15) is 0 Å². The highest BCUT2D eigenvalue weighted by molar-refractivity contribution is 7.89. The lowest BCUT2D eigenvalue weighted by Crippen LogP contribution is -2.26. The number of hydrogen-bond acceptors (Lipinski definition) is 3. The first-order valence-corrected chi connectivity index (χ1v) is 8.71. The lowest BCUT2D eigenvalue weighted by atomic mass is 10.1. The van der Waals surface area contributed by atoms with Crippen LogP contribution in [0, 0.1) is 13.8 Å². The molecule has 20 heavy (non-hydrogen) atoms. The quantitative estimate of drug-likeness (QED) is 0.725. The summed E-state index contributed by atoms with van der Waals surface area (Å²) in [4.78, 5) is 0.404. The third kappa shape index (κ3) is 4.58. The maximum atomic E-state index is 12.4. The highest BCUT2D eigenvalue weighted by Crippen LogP contribution is 2.21. The van der Waals surface area contributed by atoms with E-state index in [1.807, 2.05) is 33.8 Å². The summed E-state index contributed by atoms with van der Waals surface area (Å²) < 4.78 is 27.4. The van der Waals surface area contributed by atoms with E-state index in [4.69, 9.17) is 0 Å². The van der Waals surface area contributed by atoms with E-state index in [1.54, 1.807) is 6.07 Å². The Morgan fingerprint density at radius 1 is 1.15 bits per heavy atom. The summed E-state index contributed by atoms with van der Waals surface area (Å²) in [7, 11) is -3.41. The summed E-state index contributed by atoms with van der Waals surface area (Å²) in [6.07, 6.45) is 1.83. The van der Waals surface area contributed by atoms with Gasteiger partial charge in [-0.2, -0.15) is 0 Å². The SMILES string of the molecule is CCCCNS(=O)(=O)c1cc(CNCC)cc(C)c1C. The molecule has 0 unspecified atom stereocenters. The second-order valence-corrected chi connectivity index (χ2v) is 6.80. The van der Waals surface area contributed by atoms with E-state index in [0.717, 1.165) is 36.1 Å². The number of unbranched alkanes of at least 4 members (excludes halogenated alkanes) is 1. The molecular formula is C15H26N2O2S. The summed E-state index contributed by atoms with van der Waals surface area (Å²) in [6, 6.07) is 3.82. The molecule has 0 atom stereocenters. The molecule has 0 radical (unpaired) electrons. The van der Waals surface area contributed by atoms with E-state index in [-0.39, 0.29) is 0 Å². The van der Waals surface area contributed by atoms with Crippen molar-refractivity contribution in [1.29, 1.82) is 0 Å². The number of nitrogens with one attached hydrogen (secondary N) is 2. The summed E-state index contributed by atoms with van der Waals surface area (Å²) in [6.45, 7) is 9.94. The van der Waals surface area contributed by atoms with Crippen LogP contribution in [0.2, 0.25) is 0 Å². The van der Waals surface area contributed by atoms with Gasteiger partial charge in [0, 0.05) is 13.1 Å². The normalized spacial score (nSPS) is 11.8. The van der Waals surface area contributed by atoms with Crippen LogP contribution in [0.4, 0.5) is 0 Å². The molecule has 1 aromatic carbocycles. The largest absolute Gasteiger partial charge is 0.313 e. The Kier molecular flexibility index (Phi) is 6.65. The van der Waals surface area contributed by atoms with Gasteiger partial charge in [-0.05, 0) is 49.6 Å². The molecule has 0 heterocycles. The van der Waals surface area contributed by atoms with Crippen molar-refractivity contribution in [3.05, 3.63) is 28.8 Å². The van der Waals surface area contributed by atoms with Gasteiger partial charge >= 0.3 is 0 Å². The van der Waals surface area contributed by atoms with E-state index in [9.17, 15) is 8.42 Å². The fraction of sp³-hybridized carbons (Fsp3) is 0.600. The summed E-state index contributed by atoms with van der Waals surface area (Å²) in [5.41, 5.74) is 2.84. The van der Waals surface area contributed by atoms with Crippen molar-refractivity contribution in [2.24, 2.45) is 0 Å². The van der Waals surface area contributed by atoms with Gasteiger partial charge in [0.15, 0.2) is 0 Å². The minimum Gasteiger partial charge on any atom is -0.313 e. The van der Waals surface area contributed by atoms with Crippen molar-refractivity contribution in [3.8, 4) is 0 Å². The van der Waals surface area contributed by atoms with E-state index in [1.165, 1.54) is 0 Å². The average molecular weight is 298 g/mol. The highest BCUT2D eigenvalue weighted by Gasteiger charge is 2.18. The smallest absolute Gasteiger partial charge is 0.240 e. The first-order valence-electron chi connectivity index (χ1n) is 7.22. The maximum Gasteiger partial charge on any atom is 0.240 e. The van der Waals surface area contributed by atoms with Gasteiger partial charge in [-0.15, -0.1) is 0 Å². The van der Waals surface area contributed by atoms with E-state index >= 15 is 0 Å². The predicted octanol–water partition coefficient (Wildman–Crippen LogP) is 2.49. The lowest BCUT2D eigenvalue weighted by Gasteiger charge is -2.14. The fourth-order valence-corrected chi connectivity index (χ4v) is 3.45. The Hall–Kier alpha value is -0.910. The Labute approximate surface area is 123 Å². The van der Waals surface area contributed by atoms with Crippen molar-refractivity contribution < 1.29 is 8.42 Å². The molecule has 1 rings (SSSR count). The van der Waals surface area contributed by atoms with Crippen molar-refractivity contribution in [2.45, 2.75) is 52.0 Å². The molecule has 0 aliphatic heterocycles.